The Morgan fingerprint density at radius 1 is 1.12 bits per heavy atom. The third kappa shape index (κ3) is 4.22. The summed E-state index contributed by atoms with van der Waals surface area (Å²) in [6, 6.07) is 18.8. The summed E-state index contributed by atoms with van der Waals surface area (Å²) >= 11 is 0. The molecule has 2 aromatic heterocycles. The van der Waals surface area contributed by atoms with Crippen molar-refractivity contribution in [2.75, 3.05) is 28.2 Å². The minimum atomic E-state index is -1.00. The first kappa shape index (κ1) is 25.4. The molecule has 0 radical (unpaired) electrons. The number of piperidine rings is 1. The van der Waals surface area contributed by atoms with E-state index in [9.17, 15) is 14.7 Å². The lowest BCUT2D eigenvalue weighted by molar-refractivity contribution is 0.0698. The van der Waals surface area contributed by atoms with Gasteiger partial charge in [0.25, 0.3) is 5.56 Å². The van der Waals surface area contributed by atoms with Crippen LogP contribution in [-0.4, -0.2) is 45.6 Å². The summed E-state index contributed by atoms with van der Waals surface area (Å²) in [5.74, 6) is -0.287. The van der Waals surface area contributed by atoms with Crippen LogP contribution in [0.3, 0.4) is 0 Å². The number of para-hydroxylation sites is 1. The second-order valence-electron chi connectivity index (χ2n) is 10.8. The summed E-state index contributed by atoms with van der Waals surface area (Å²) in [5, 5.41) is 22.1. The third-order valence-corrected chi connectivity index (χ3v) is 8.08. The van der Waals surface area contributed by atoms with E-state index in [0.29, 0.717) is 28.3 Å². The zero-order chi connectivity index (χ0) is 28.1. The largest absolute Gasteiger partial charge is 0.478 e. The van der Waals surface area contributed by atoms with Crippen molar-refractivity contribution >= 4 is 28.8 Å². The fraction of sp³-hybridized carbons (Fsp3) is 0.290. The highest BCUT2D eigenvalue weighted by Crippen LogP contribution is 2.39. The number of nitrogens with one attached hydrogen (secondary N) is 1. The average molecular weight is 535 g/mol. The first-order valence-corrected chi connectivity index (χ1v) is 13.4. The molecule has 2 N–H and O–H groups in total. The van der Waals surface area contributed by atoms with Gasteiger partial charge in [0, 0.05) is 36.2 Å². The van der Waals surface area contributed by atoms with Gasteiger partial charge in [-0.3, -0.25) is 9.20 Å². The number of aryl methyl sites for hydroxylation is 1. The van der Waals surface area contributed by atoms with Crippen LogP contribution in [0, 0.1) is 25.2 Å². The molecule has 202 valence electrons. The number of aromatic carboxylic acids is 1. The lowest BCUT2D eigenvalue weighted by Crippen LogP contribution is -2.69. The molecule has 3 atom stereocenters. The van der Waals surface area contributed by atoms with Crippen LogP contribution in [0.4, 0.5) is 17.2 Å². The van der Waals surface area contributed by atoms with Crippen LogP contribution in [0.5, 0.6) is 0 Å². The molecule has 9 nitrogen and oxygen atoms in total. The number of nitriles is 1. The Kier molecular flexibility index (Phi) is 6.18. The van der Waals surface area contributed by atoms with Crippen molar-refractivity contribution in [1.82, 2.24) is 9.38 Å². The normalized spacial score (nSPS) is 18.6. The van der Waals surface area contributed by atoms with Gasteiger partial charge in [-0.05, 0) is 75.2 Å². The lowest BCUT2D eigenvalue weighted by atomic mass is 9.86. The molecule has 3 aliphatic rings. The maximum atomic E-state index is 13.6. The zero-order valence-corrected chi connectivity index (χ0v) is 22.6. The Balaban J connectivity index is 1.35. The molecule has 4 aromatic rings. The number of anilines is 3. The van der Waals surface area contributed by atoms with Gasteiger partial charge in [-0.15, -0.1) is 0 Å². The van der Waals surface area contributed by atoms with Crippen LogP contribution in [-0.2, 0) is 0 Å². The molecule has 2 unspecified atom stereocenters. The molecule has 2 bridgehead atoms. The van der Waals surface area contributed by atoms with E-state index in [1.807, 2.05) is 57.3 Å². The van der Waals surface area contributed by atoms with Gasteiger partial charge in [0.05, 0.1) is 40.9 Å². The maximum absolute atomic E-state index is 13.6. The van der Waals surface area contributed by atoms with E-state index in [2.05, 4.69) is 21.2 Å². The Bertz CT molecular complexity index is 1730. The molecule has 3 saturated heterocycles. The Morgan fingerprint density at radius 3 is 2.50 bits per heavy atom. The van der Waals surface area contributed by atoms with Gasteiger partial charge < -0.3 is 20.2 Å². The fourth-order valence-electron chi connectivity index (χ4n) is 6.07. The number of hydrogen-bond acceptors (Lipinski definition) is 7. The van der Waals surface area contributed by atoms with E-state index in [1.165, 1.54) is 0 Å². The number of pyridine rings is 1. The minimum absolute atomic E-state index is 0.1000. The number of aromatic nitrogens is 2. The number of hydrogen-bond donors (Lipinski definition) is 2. The molecule has 0 aliphatic carbocycles. The van der Waals surface area contributed by atoms with Crippen LogP contribution < -0.4 is 20.7 Å². The summed E-state index contributed by atoms with van der Waals surface area (Å²) in [6.45, 7) is 7.36. The molecule has 0 amide bonds. The molecule has 0 saturated carbocycles. The van der Waals surface area contributed by atoms with E-state index in [-0.39, 0.29) is 29.2 Å². The van der Waals surface area contributed by atoms with Crippen LogP contribution in [0.1, 0.15) is 52.0 Å². The van der Waals surface area contributed by atoms with Crippen LogP contribution in [0.25, 0.3) is 5.65 Å². The van der Waals surface area contributed by atoms with E-state index in [1.54, 1.807) is 28.7 Å². The second-order valence-corrected chi connectivity index (χ2v) is 10.8. The Morgan fingerprint density at radius 2 is 1.82 bits per heavy atom. The minimum Gasteiger partial charge on any atom is -0.478 e. The zero-order valence-electron chi connectivity index (χ0n) is 22.6. The van der Waals surface area contributed by atoms with Crippen molar-refractivity contribution in [2.24, 2.45) is 0 Å². The summed E-state index contributed by atoms with van der Waals surface area (Å²) in [6.07, 6.45) is 2.85. The number of fused-ring (bicyclic) bond motifs is 3. The summed E-state index contributed by atoms with van der Waals surface area (Å²) < 4.78 is 1.61. The van der Waals surface area contributed by atoms with Crippen molar-refractivity contribution in [3.05, 3.63) is 99.0 Å². The van der Waals surface area contributed by atoms with Gasteiger partial charge in [-0.1, -0.05) is 12.1 Å². The van der Waals surface area contributed by atoms with E-state index >= 15 is 0 Å². The van der Waals surface area contributed by atoms with Gasteiger partial charge >= 0.3 is 5.97 Å². The van der Waals surface area contributed by atoms with E-state index in [4.69, 9.17) is 10.2 Å². The molecule has 3 aliphatic heterocycles. The van der Waals surface area contributed by atoms with Gasteiger partial charge in [0.2, 0.25) is 0 Å². The first-order chi connectivity index (χ1) is 19.2. The van der Waals surface area contributed by atoms with Crippen molar-refractivity contribution in [1.29, 1.82) is 5.26 Å². The predicted molar refractivity (Wildman–Crippen MR) is 154 cm³/mol. The fourth-order valence-corrected chi connectivity index (χ4v) is 6.07. The highest BCUT2D eigenvalue weighted by atomic mass is 16.4. The SMILES string of the molecule is Cc1cc([C@@H](C)Nc2ccccc2C(=O)O)c2nc(N3C4CC3CN(c3ccc(C#N)cc3)C4)c(C)c(=O)n2c1. The molecule has 3 fully saturated rings. The molecular formula is C31H30N6O3. The summed E-state index contributed by atoms with van der Waals surface area (Å²) in [4.78, 5) is 35.1. The predicted octanol–water partition coefficient (Wildman–Crippen LogP) is 4.52. The topological polar surface area (TPSA) is 114 Å². The van der Waals surface area contributed by atoms with Crippen molar-refractivity contribution in [3.63, 3.8) is 0 Å². The second kappa shape index (κ2) is 9.72. The molecule has 9 heteroatoms. The van der Waals surface area contributed by atoms with Crippen LogP contribution in [0.2, 0.25) is 0 Å². The average Bonchev–Trinajstić information content (AvgIpc) is 2.96. The van der Waals surface area contributed by atoms with E-state index in [0.717, 1.165) is 36.3 Å². The van der Waals surface area contributed by atoms with Gasteiger partial charge in [0.1, 0.15) is 11.5 Å². The highest BCUT2D eigenvalue weighted by Gasteiger charge is 2.46. The molecule has 0 spiro atoms. The number of carboxylic acids is 1. The lowest BCUT2D eigenvalue weighted by Gasteiger charge is -2.57. The molecule has 7 rings (SSSR count). The first-order valence-electron chi connectivity index (χ1n) is 13.4. The monoisotopic (exact) mass is 534 g/mol. The van der Waals surface area contributed by atoms with Crippen LogP contribution in [0.15, 0.2) is 65.6 Å². The van der Waals surface area contributed by atoms with Crippen LogP contribution >= 0.6 is 0 Å². The highest BCUT2D eigenvalue weighted by molar-refractivity contribution is 5.94. The van der Waals surface area contributed by atoms with Gasteiger partial charge in [-0.25, -0.2) is 9.78 Å². The molecular weight excluding hydrogens is 504 g/mol. The number of carboxylic acid groups (broad SMARTS) is 1. The molecule has 40 heavy (non-hydrogen) atoms. The number of carbonyl (C=O) groups is 1. The van der Waals surface area contributed by atoms with Gasteiger partial charge in [0.15, 0.2) is 0 Å². The van der Waals surface area contributed by atoms with E-state index < -0.39 is 5.97 Å². The number of rotatable bonds is 6. The standard InChI is InChI=1S/C31H30N6O3/c1-18-12-26(20(3)33-27-7-5-4-6-25(27)31(39)40)29-34-28(19(2)30(38)36(29)15-18)37-23-13-24(37)17-35(16-23)22-10-8-21(14-32)9-11-22/h4-12,15,20,23-24,33H,13,16-17H2,1-3H3,(H,39,40)/t20-,23?,24?/m1/s1. The third-order valence-electron chi connectivity index (χ3n) is 8.08. The molecule has 2 aromatic carbocycles. The quantitative estimate of drug-likeness (QED) is 0.371. The Hall–Kier alpha value is -4.84. The van der Waals surface area contributed by atoms with Crippen molar-refractivity contribution in [3.8, 4) is 6.07 Å². The number of nitrogens with zero attached hydrogens (tertiary/aromatic N) is 5. The van der Waals surface area contributed by atoms with Crippen molar-refractivity contribution < 1.29 is 9.90 Å². The molecule has 5 heterocycles. The number of benzene rings is 2. The number of piperazine rings is 1. The Labute approximate surface area is 231 Å². The maximum Gasteiger partial charge on any atom is 0.337 e. The van der Waals surface area contributed by atoms with Crippen molar-refractivity contribution in [2.45, 2.75) is 45.3 Å². The smallest absolute Gasteiger partial charge is 0.337 e. The summed E-state index contributed by atoms with van der Waals surface area (Å²) in [5.41, 5.74) is 5.26. The summed E-state index contributed by atoms with van der Waals surface area (Å²) in [7, 11) is 0. The van der Waals surface area contributed by atoms with Gasteiger partial charge in [-0.2, -0.15) is 5.26 Å².